The molecule has 0 amide bonds. The predicted octanol–water partition coefficient (Wildman–Crippen LogP) is 3.16. The van der Waals surface area contributed by atoms with Crippen LogP contribution in [-0.4, -0.2) is 27.1 Å². The Hall–Kier alpha value is -1.30. The van der Waals surface area contributed by atoms with Crippen LogP contribution in [0.2, 0.25) is 0 Å². The minimum atomic E-state index is -2.87. The highest BCUT2D eigenvalue weighted by molar-refractivity contribution is 7.86. The van der Waals surface area contributed by atoms with Crippen LogP contribution in [0.5, 0.6) is 5.75 Å². The zero-order valence-corrected chi connectivity index (χ0v) is 12.2. The van der Waals surface area contributed by atoms with E-state index in [0.29, 0.717) is 18.4 Å². The van der Waals surface area contributed by atoms with Crippen molar-refractivity contribution in [3.63, 3.8) is 0 Å². The Morgan fingerprint density at radius 3 is 2.24 bits per heavy atom. The molecule has 2 aliphatic rings. The summed E-state index contributed by atoms with van der Waals surface area (Å²) >= 11 is 0. The smallest absolute Gasteiger partial charge is 0.387 e. The van der Waals surface area contributed by atoms with E-state index in [1.165, 1.54) is 24.3 Å². The Bertz CT molecular complexity index is 543. The van der Waals surface area contributed by atoms with Crippen molar-refractivity contribution in [1.82, 2.24) is 0 Å². The third-order valence-electron chi connectivity index (χ3n) is 4.30. The van der Waals surface area contributed by atoms with Crippen molar-refractivity contribution >= 4 is 16.6 Å². The zero-order chi connectivity index (χ0) is 15.0. The fourth-order valence-electron chi connectivity index (χ4n) is 3.28. The summed E-state index contributed by atoms with van der Waals surface area (Å²) in [6, 6.07) is 5.81. The van der Waals surface area contributed by atoms with Crippen LogP contribution in [0.15, 0.2) is 24.3 Å². The number of carbonyl (C=O) groups is 1. The van der Waals surface area contributed by atoms with Gasteiger partial charge in [-0.3, -0.25) is 9.00 Å². The van der Waals surface area contributed by atoms with Gasteiger partial charge in [-0.2, -0.15) is 8.78 Å². The van der Waals surface area contributed by atoms with Crippen LogP contribution in [0.1, 0.15) is 36.0 Å². The molecule has 0 N–H and O–H groups in total. The fourth-order valence-corrected chi connectivity index (χ4v) is 5.41. The van der Waals surface area contributed by atoms with Crippen molar-refractivity contribution < 1.29 is 22.5 Å². The zero-order valence-electron chi connectivity index (χ0n) is 11.3. The van der Waals surface area contributed by atoms with Gasteiger partial charge in [0.1, 0.15) is 5.75 Å². The molecule has 2 saturated heterocycles. The second-order valence-corrected chi connectivity index (χ2v) is 7.58. The number of fused-ring (bicyclic) bond motifs is 2. The molecule has 0 radical (unpaired) electrons. The van der Waals surface area contributed by atoms with Crippen LogP contribution in [-0.2, 0) is 10.8 Å². The second kappa shape index (κ2) is 5.83. The molecule has 3 rings (SSSR count). The normalized spacial score (nSPS) is 31.4. The molecule has 1 aromatic rings. The molecule has 114 valence electrons. The molecule has 2 atom stereocenters. The molecule has 3 nitrogen and oxygen atoms in total. The van der Waals surface area contributed by atoms with E-state index < -0.39 is 17.4 Å². The number of hydrogen-bond donors (Lipinski definition) is 0. The third kappa shape index (κ3) is 3.00. The van der Waals surface area contributed by atoms with Gasteiger partial charge in [0.25, 0.3) is 0 Å². The first-order valence-corrected chi connectivity index (χ1v) is 8.30. The van der Waals surface area contributed by atoms with E-state index in [2.05, 4.69) is 4.74 Å². The van der Waals surface area contributed by atoms with Gasteiger partial charge in [-0.05, 0) is 49.9 Å². The summed E-state index contributed by atoms with van der Waals surface area (Å²) in [6.07, 6.45) is 3.25. The molecular weight excluding hydrogens is 298 g/mol. The monoisotopic (exact) mass is 314 g/mol. The minimum absolute atomic E-state index is 0.0206. The largest absolute Gasteiger partial charge is 0.435 e. The molecule has 0 spiro atoms. The Balaban J connectivity index is 1.69. The van der Waals surface area contributed by atoms with Gasteiger partial charge in [-0.15, -0.1) is 0 Å². The average Bonchev–Trinajstić information content (AvgIpc) is 2.68. The number of carbonyl (C=O) groups excluding carboxylic acids is 1. The average molecular weight is 314 g/mol. The van der Waals surface area contributed by atoms with Crippen LogP contribution in [0.4, 0.5) is 8.78 Å². The molecule has 2 aliphatic heterocycles. The summed E-state index contributed by atoms with van der Waals surface area (Å²) in [5, 5.41) is 0.304. The van der Waals surface area contributed by atoms with Gasteiger partial charge in [0.05, 0.1) is 0 Å². The van der Waals surface area contributed by atoms with E-state index in [1.54, 1.807) is 0 Å². The van der Waals surface area contributed by atoms with E-state index in [4.69, 9.17) is 0 Å². The number of halogens is 2. The van der Waals surface area contributed by atoms with Crippen molar-refractivity contribution in [3.05, 3.63) is 29.8 Å². The highest BCUT2D eigenvalue weighted by Gasteiger charge is 2.42. The Labute approximate surface area is 124 Å². The van der Waals surface area contributed by atoms with Crippen LogP contribution in [0, 0.1) is 5.92 Å². The number of ether oxygens (including phenoxy) is 1. The van der Waals surface area contributed by atoms with Gasteiger partial charge < -0.3 is 4.74 Å². The Kier molecular flexibility index (Phi) is 4.06. The number of hydrogen-bond acceptors (Lipinski definition) is 3. The Morgan fingerprint density at radius 1 is 1.14 bits per heavy atom. The van der Waals surface area contributed by atoms with Gasteiger partial charge in [-0.1, -0.05) is 0 Å². The first kappa shape index (κ1) is 14.6. The van der Waals surface area contributed by atoms with Gasteiger partial charge in [0.2, 0.25) is 0 Å². The van der Waals surface area contributed by atoms with Gasteiger partial charge in [0.15, 0.2) is 5.78 Å². The number of Topliss-reactive ketones (excluding diaryl/α,β-unsaturated/α-hetero) is 1. The lowest BCUT2D eigenvalue weighted by Gasteiger charge is -2.26. The molecule has 6 heteroatoms. The number of rotatable bonds is 4. The SMILES string of the molecule is O=C(c1ccc(OC(F)F)cc1)C1CC2CCC(C1)S2=O. The lowest BCUT2D eigenvalue weighted by atomic mass is 9.90. The molecule has 21 heavy (non-hydrogen) atoms. The molecule has 0 aromatic heterocycles. The molecule has 2 heterocycles. The van der Waals surface area contributed by atoms with Crippen molar-refractivity contribution in [1.29, 1.82) is 0 Å². The third-order valence-corrected chi connectivity index (χ3v) is 6.47. The van der Waals surface area contributed by atoms with E-state index in [1.807, 2.05) is 0 Å². The van der Waals surface area contributed by atoms with Gasteiger partial charge >= 0.3 is 6.61 Å². The van der Waals surface area contributed by atoms with E-state index in [-0.39, 0.29) is 28.0 Å². The Morgan fingerprint density at radius 2 is 1.71 bits per heavy atom. The molecule has 2 unspecified atom stereocenters. The fraction of sp³-hybridized carbons (Fsp3) is 0.533. The number of benzene rings is 1. The first-order chi connectivity index (χ1) is 10.0. The molecule has 0 aliphatic carbocycles. The molecule has 0 saturated carbocycles. The summed E-state index contributed by atoms with van der Waals surface area (Å²) in [6.45, 7) is -2.87. The van der Waals surface area contributed by atoms with Crippen molar-refractivity contribution in [2.45, 2.75) is 42.8 Å². The van der Waals surface area contributed by atoms with Crippen molar-refractivity contribution in [2.75, 3.05) is 0 Å². The highest BCUT2D eigenvalue weighted by Crippen LogP contribution is 2.39. The van der Waals surface area contributed by atoms with E-state index in [0.717, 1.165) is 12.8 Å². The van der Waals surface area contributed by atoms with E-state index in [9.17, 15) is 17.8 Å². The number of alkyl halides is 2. The molecule has 2 bridgehead atoms. The minimum Gasteiger partial charge on any atom is -0.435 e. The quantitative estimate of drug-likeness (QED) is 0.802. The van der Waals surface area contributed by atoms with Crippen molar-refractivity contribution in [3.8, 4) is 5.75 Å². The maximum Gasteiger partial charge on any atom is 0.387 e. The summed E-state index contributed by atoms with van der Waals surface area (Å²) < 4.78 is 40.4. The van der Waals surface area contributed by atoms with Gasteiger partial charge in [-0.25, -0.2) is 0 Å². The highest BCUT2D eigenvalue weighted by atomic mass is 32.2. The summed E-state index contributed by atoms with van der Waals surface area (Å²) in [7, 11) is -0.778. The summed E-state index contributed by atoms with van der Waals surface area (Å²) in [5.74, 6) is -0.0272. The maximum absolute atomic E-state index is 12.5. The standard InChI is InChI=1S/C15H16F2O3S/c16-15(17)20-11-3-1-9(2-4-11)14(18)10-7-12-5-6-13(8-10)21(12)19/h1-4,10,12-13,15H,5-8H2. The van der Waals surface area contributed by atoms with Crippen LogP contribution < -0.4 is 4.74 Å². The molecular formula is C15H16F2O3S. The van der Waals surface area contributed by atoms with Crippen LogP contribution >= 0.6 is 0 Å². The van der Waals surface area contributed by atoms with Gasteiger partial charge in [0, 0.05) is 32.8 Å². The second-order valence-electron chi connectivity index (χ2n) is 5.59. The topological polar surface area (TPSA) is 43.4 Å². The molecule has 2 fully saturated rings. The van der Waals surface area contributed by atoms with Crippen molar-refractivity contribution in [2.24, 2.45) is 5.92 Å². The first-order valence-electron chi connectivity index (χ1n) is 7.03. The summed E-state index contributed by atoms with van der Waals surface area (Å²) in [5.41, 5.74) is 0.508. The van der Waals surface area contributed by atoms with Crippen LogP contribution in [0.3, 0.4) is 0 Å². The lowest BCUT2D eigenvalue weighted by Crippen LogP contribution is -2.32. The predicted molar refractivity (Wildman–Crippen MR) is 75.1 cm³/mol. The number of ketones is 1. The lowest BCUT2D eigenvalue weighted by molar-refractivity contribution is -0.0498. The van der Waals surface area contributed by atoms with E-state index >= 15 is 0 Å². The molecule has 1 aromatic carbocycles. The van der Waals surface area contributed by atoms with Crippen LogP contribution in [0.25, 0.3) is 0 Å². The summed E-state index contributed by atoms with van der Waals surface area (Å²) in [4.78, 5) is 12.5. The maximum atomic E-state index is 12.5.